The van der Waals surface area contributed by atoms with E-state index in [1.165, 1.54) is 0 Å². The Bertz CT molecular complexity index is 1090. The molecule has 7 heteroatoms. The van der Waals surface area contributed by atoms with Gasteiger partial charge in [-0.05, 0) is 30.3 Å². The van der Waals surface area contributed by atoms with Crippen LogP contribution in [0, 0.1) is 5.92 Å². The number of methoxy groups -OCH3 is 2. The summed E-state index contributed by atoms with van der Waals surface area (Å²) in [5, 5.41) is 3.97. The highest BCUT2D eigenvalue weighted by atomic mass is 16.5. The molecule has 2 aromatic carbocycles. The van der Waals surface area contributed by atoms with Crippen LogP contribution in [0.1, 0.15) is 6.42 Å². The molecular weight excluding hydrogens is 370 g/mol. The zero-order valence-corrected chi connectivity index (χ0v) is 16.6. The van der Waals surface area contributed by atoms with Gasteiger partial charge in [0, 0.05) is 43.2 Å². The predicted molar refractivity (Wildman–Crippen MR) is 112 cm³/mol. The summed E-state index contributed by atoms with van der Waals surface area (Å²) in [4.78, 5) is 27.1. The number of fused-ring (bicyclic) bond motifs is 1. The first-order valence-corrected chi connectivity index (χ1v) is 9.39. The molecule has 29 heavy (non-hydrogen) atoms. The molecule has 3 aromatic rings. The largest absolute Gasteiger partial charge is 0.497 e. The number of nitrogens with zero attached hydrogens (tertiary/aromatic N) is 2. The minimum Gasteiger partial charge on any atom is -0.497 e. The lowest BCUT2D eigenvalue weighted by Gasteiger charge is -2.20. The molecule has 1 aliphatic rings. The number of hydrogen-bond donors (Lipinski definition) is 1. The topological polar surface area (TPSA) is 72.8 Å². The van der Waals surface area contributed by atoms with E-state index < -0.39 is 5.92 Å². The van der Waals surface area contributed by atoms with E-state index in [0.29, 0.717) is 23.7 Å². The molecule has 2 amide bonds. The van der Waals surface area contributed by atoms with Gasteiger partial charge in [0.15, 0.2) is 0 Å². The average Bonchev–Trinajstić information content (AvgIpc) is 3.31. The van der Waals surface area contributed by atoms with Crippen molar-refractivity contribution in [2.75, 3.05) is 31.0 Å². The van der Waals surface area contributed by atoms with E-state index >= 15 is 0 Å². The lowest BCUT2D eigenvalue weighted by atomic mass is 10.1. The lowest BCUT2D eigenvalue weighted by molar-refractivity contribution is -0.122. The fraction of sp³-hybridized carbons (Fsp3) is 0.273. The van der Waals surface area contributed by atoms with Gasteiger partial charge in [-0.25, -0.2) is 0 Å². The summed E-state index contributed by atoms with van der Waals surface area (Å²) >= 11 is 0. The van der Waals surface area contributed by atoms with Crippen LogP contribution >= 0.6 is 0 Å². The van der Waals surface area contributed by atoms with Crippen molar-refractivity contribution in [2.45, 2.75) is 6.42 Å². The van der Waals surface area contributed by atoms with E-state index in [9.17, 15) is 9.59 Å². The number of aryl methyl sites for hydroxylation is 1. The highest BCUT2D eigenvalue weighted by molar-refractivity contribution is 6.07. The van der Waals surface area contributed by atoms with Crippen LogP contribution in [0.5, 0.6) is 11.5 Å². The summed E-state index contributed by atoms with van der Waals surface area (Å²) in [7, 11) is 5.08. The Morgan fingerprint density at radius 3 is 2.72 bits per heavy atom. The Kier molecular flexibility index (Phi) is 4.88. The van der Waals surface area contributed by atoms with Gasteiger partial charge in [-0.1, -0.05) is 6.07 Å². The molecule has 7 nitrogen and oxygen atoms in total. The molecule has 1 N–H and O–H groups in total. The third-order valence-electron chi connectivity index (χ3n) is 5.36. The average molecular weight is 393 g/mol. The van der Waals surface area contributed by atoms with Crippen molar-refractivity contribution >= 4 is 34.1 Å². The standard InChI is InChI=1S/C22H23N3O4/c1-24-10-9-16-17(5-4-6-18(16)24)23-22(27)14-11-21(26)25(13-14)19-8-7-15(28-2)12-20(19)29-3/h4-10,12,14H,11,13H2,1-3H3,(H,23,27). The Morgan fingerprint density at radius 1 is 1.14 bits per heavy atom. The van der Waals surface area contributed by atoms with Crippen LogP contribution in [0.2, 0.25) is 0 Å². The number of benzene rings is 2. The molecule has 1 aromatic heterocycles. The van der Waals surface area contributed by atoms with Crippen LogP contribution in [0.3, 0.4) is 0 Å². The summed E-state index contributed by atoms with van der Waals surface area (Å²) < 4.78 is 12.6. The first-order chi connectivity index (χ1) is 14.0. The van der Waals surface area contributed by atoms with Crippen molar-refractivity contribution in [1.82, 2.24) is 4.57 Å². The van der Waals surface area contributed by atoms with Crippen LogP contribution < -0.4 is 19.7 Å². The second-order valence-corrected chi connectivity index (χ2v) is 7.10. The number of ether oxygens (including phenoxy) is 2. The summed E-state index contributed by atoms with van der Waals surface area (Å²) in [5.41, 5.74) is 2.43. The summed E-state index contributed by atoms with van der Waals surface area (Å²) in [5.74, 6) is 0.472. The van der Waals surface area contributed by atoms with E-state index in [4.69, 9.17) is 9.47 Å². The molecular formula is C22H23N3O4. The summed E-state index contributed by atoms with van der Waals surface area (Å²) in [6.45, 7) is 0.304. The minimum atomic E-state index is -0.437. The van der Waals surface area contributed by atoms with Crippen LogP contribution in [0.15, 0.2) is 48.7 Å². The van der Waals surface area contributed by atoms with Gasteiger partial charge in [0.05, 0.1) is 31.5 Å². The quantitative estimate of drug-likeness (QED) is 0.723. The van der Waals surface area contributed by atoms with Gasteiger partial charge < -0.3 is 24.3 Å². The second-order valence-electron chi connectivity index (χ2n) is 7.10. The number of carbonyl (C=O) groups excluding carboxylic acids is 2. The van der Waals surface area contributed by atoms with Crippen LogP contribution in [-0.2, 0) is 16.6 Å². The van der Waals surface area contributed by atoms with Gasteiger partial charge in [0.25, 0.3) is 0 Å². The van der Waals surface area contributed by atoms with E-state index in [0.717, 1.165) is 16.6 Å². The minimum absolute atomic E-state index is 0.105. The Balaban J connectivity index is 1.54. The van der Waals surface area contributed by atoms with Gasteiger partial charge in [-0.15, -0.1) is 0 Å². The van der Waals surface area contributed by atoms with Crippen molar-refractivity contribution in [3.05, 3.63) is 48.7 Å². The third-order valence-corrected chi connectivity index (χ3v) is 5.36. The zero-order chi connectivity index (χ0) is 20.5. The molecule has 1 atom stereocenters. The van der Waals surface area contributed by atoms with Crippen molar-refractivity contribution in [2.24, 2.45) is 13.0 Å². The van der Waals surface area contributed by atoms with E-state index in [-0.39, 0.29) is 18.2 Å². The maximum Gasteiger partial charge on any atom is 0.229 e. The van der Waals surface area contributed by atoms with Crippen LogP contribution in [0.25, 0.3) is 10.9 Å². The van der Waals surface area contributed by atoms with Gasteiger partial charge >= 0.3 is 0 Å². The molecule has 1 aliphatic heterocycles. The SMILES string of the molecule is COc1ccc(N2CC(C(=O)Nc3cccc4c3ccn4C)CC2=O)c(OC)c1. The first-order valence-electron chi connectivity index (χ1n) is 9.39. The van der Waals surface area contributed by atoms with Crippen molar-refractivity contribution < 1.29 is 19.1 Å². The maximum atomic E-state index is 12.9. The lowest BCUT2D eigenvalue weighted by Crippen LogP contribution is -2.28. The molecule has 1 fully saturated rings. The Hall–Kier alpha value is -3.48. The molecule has 150 valence electrons. The van der Waals surface area contributed by atoms with Crippen molar-refractivity contribution in [3.8, 4) is 11.5 Å². The molecule has 4 rings (SSSR count). The Labute approximate surface area is 168 Å². The zero-order valence-electron chi connectivity index (χ0n) is 16.6. The Morgan fingerprint density at radius 2 is 1.97 bits per heavy atom. The van der Waals surface area contributed by atoms with Gasteiger partial charge in [-0.2, -0.15) is 0 Å². The number of amides is 2. The first kappa shape index (κ1) is 18.9. The second kappa shape index (κ2) is 7.50. The molecule has 1 saturated heterocycles. The summed E-state index contributed by atoms with van der Waals surface area (Å²) in [6, 6.07) is 13.0. The molecule has 0 radical (unpaired) electrons. The van der Waals surface area contributed by atoms with Gasteiger partial charge in [0.1, 0.15) is 11.5 Å². The van der Waals surface area contributed by atoms with Crippen molar-refractivity contribution in [1.29, 1.82) is 0 Å². The third kappa shape index (κ3) is 3.40. The molecule has 0 spiro atoms. The van der Waals surface area contributed by atoms with Crippen LogP contribution in [0.4, 0.5) is 11.4 Å². The van der Waals surface area contributed by atoms with E-state index in [1.807, 2.05) is 42.1 Å². The fourth-order valence-corrected chi connectivity index (χ4v) is 3.77. The number of aromatic nitrogens is 1. The summed E-state index contributed by atoms with van der Waals surface area (Å²) in [6.07, 6.45) is 2.11. The number of hydrogen-bond acceptors (Lipinski definition) is 4. The highest BCUT2D eigenvalue weighted by Gasteiger charge is 2.36. The van der Waals surface area contributed by atoms with Crippen LogP contribution in [-0.4, -0.2) is 37.1 Å². The normalized spacial score (nSPS) is 16.3. The van der Waals surface area contributed by atoms with E-state index in [1.54, 1.807) is 37.3 Å². The number of nitrogens with one attached hydrogen (secondary N) is 1. The fourth-order valence-electron chi connectivity index (χ4n) is 3.77. The van der Waals surface area contributed by atoms with E-state index in [2.05, 4.69) is 5.32 Å². The molecule has 2 heterocycles. The maximum absolute atomic E-state index is 12.9. The van der Waals surface area contributed by atoms with Gasteiger partial charge in [-0.3, -0.25) is 9.59 Å². The molecule has 0 bridgehead atoms. The molecule has 1 unspecified atom stereocenters. The number of rotatable bonds is 5. The van der Waals surface area contributed by atoms with Gasteiger partial charge in [0.2, 0.25) is 11.8 Å². The number of carbonyl (C=O) groups is 2. The monoisotopic (exact) mass is 393 g/mol. The molecule has 0 aliphatic carbocycles. The number of anilines is 2. The van der Waals surface area contributed by atoms with Crippen molar-refractivity contribution in [3.63, 3.8) is 0 Å². The predicted octanol–water partition coefficient (Wildman–Crippen LogP) is 3.19. The smallest absolute Gasteiger partial charge is 0.229 e. The molecule has 0 saturated carbocycles. The highest BCUT2D eigenvalue weighted by Crippen LogP contribution is 2.36.